The number of hydrogen-bond donors (Lipinski definition) is 2. The maximum absolute atomic E-state index is 11.2. The molecule has 1 heterocycles. The molecule has 1 aromatic rings. The summed E-state index contributed by atoms with van der Waals surface area (Å²) in [5, 5.41) is 19.5. The van der Waals surface area contributed by atoms with Crippen molar-refractivity contribution in [2.24, 2.45) is 11.8 Å². The lowest BCUT2D eigenvalue weighted by Gasteiger charge is -2.32. The summed E-state index contributed by atoms with van der Waals surface area (Å²) in [5.41, 5.74) is -0.813. The van der Waals surface area contributed by atoms with E-state index < -0.39 is 17.5 Å². The van der Waals surface area contributed by atoms with Crippen LogP contribution in [0, 0.1) is 11.8 Å². The molecule has 0 amide bonds. The zero-order valence-corrected chi connectivity index (χ0v) is 9.71. The maximum Gasteiger partial charge on any atom is 0.310 e. The van der Waals surface area contributed by atoms with E-state index in [9.17, 15) is 9.90 Å². The van der Waals surface area contributed by atoms with Crippen LogP contribution in [0.25, 0.3) is 0 Å². The van der Waals surface area contributed by atoms with Gasteiger partial charge in [0.05, 0.1) is 5.92 Å². The molecule has 4 heteroatoms. The Morgan fingerprint density at radius 3 is 2.25 bits per heavy atom. The standard InChI is InChI=1S/C12H17NO3/c1-8(2)10(11(14)15)12(3,16)9-4-6-13-7-5-9/h4-8,10,16H,1-3H3,(H,14,15). The van der Waals surface area contributed by atoms with Gasteiger partial charge >= 0.3 is 5.97 Å². The molecular formula is C12H17NO3. The van der Waals surface area contributed by atoms with Gasteiger partial charge in [0, 0.05) is 12.4 Å². The fourth-order valence-corrected chi connectivity index (χ4v) is 2.04. The fourth-order valence-electron chi connectivity index (χ4n) is 2.04. The van der Waals surface area contributed by atoms with Crippen LogP contribution in [-0.4, -0.2) is 21.2 Å². The third-order valence-corrected chi connectivity index (χ3v) is 2.80. The Kier molecular flexibility index (Phi) is 3.65. The summed E-state index contributed by atoms with van der Waals surface area (Å²) in [5.74, 6) is -1.98. The quantitative estimate of drug-likeness (QED) is 0.814. The highest BCUT2D eigenvalue weighted by Gasteiger charge is 2.40. The molecule has 1 aromatic heterocycles. The Labute approximate surface area is 95.0 Å². The number of hydrogen-bond acceptors (Lipinski definition) is 3. The van der Waals surface area contributed by atoms with Gasteiger partial charge in [-0.05, 0) is 30.5 Å². The summed E-state index contributed by atoms with van der Waals surface area (Å²) < 4.78 is 0. The zero-order chi connectivity index (χ0) is 12.3. The lowest BCUT2D eigenvalue weighted by Crippen LogP contribution is -2.40. The summed E-state index contributed by atoms with van der Waals surface area (Å²) in [6.45, 7) is 5.10. The summed E-state index contributed by atoms with van der Waals surface area (Å²) >= 11 is 0. The third kappa shape index (κ3) is 2.39. The normalized spacial score (nSPS) is 16.8. The predicted molar refractivity (Wildman–Crippen MR) is 59.8 cm³/mol. The van der Waals surface area contributed by atoms with Crippen molar-refractivity contribution in [3.8, 4) is 0 Å². The minimum absolute atomic E-state index is 0.152. The van der Waals surface area contributed by atoms with Crippen LogP contribution in [0.15, 0.2) is 24.5 Å². The molecule has 2 N–H and O–H groups in total. The second kappa shape index (κ2) is 4.61. The fraction of sp³-hybridized carbons (Fsp3) is 0.500. The molecule has 0 radical (unpaired) electrons. The smallest absolute Gasteiger partial charge is 0.310 e. The molecule has 0 aliphatic rings. The van der Waals surface area contributed by atoms with E-state index in [4.69, 9.17) is 5.11 Å². The monoisotopic (exact) mass is 223 g/mol. The van der Waals surface area contributed by atoms with E-state index in [-0.39, 0.29) is 5.92 Å². The van der Waals surface area contributed by atoms with Crippen molar-refractivity contribution in [3.63, 3.8) is 0 Å². The average molecular weight is 223 g/mol. The van der Waals surface area contributed by atoms with Crippen molar-refractivity contribution in [3.05, 3.63) is 30.1 Å². The average Bonchev–Trinajstić information content (AvgIpc) is 2.17. The highest BCUT2D eigenvalue weighted by Crippen LogP contribution is 2.34. The molecule has 0 spiro atoms. The van der Waals surface area contributed by atoms with Crippen LogP contribution in [-0.2, 0) is 10.4 Å². The number of carboxylic acids is 1. The van der Waals surface area contributed by atoms with E-state index in [0.29, 0.717) is 5.56 Å². The van der Waals surface area contributed by atoms with Crippen molar-refractivity contribution in [2.45, 2.75) is 26.4 Å². The van der Waals surface area contributed by atoms with Gasteiger partial charge in [-0.15, -0.1) is 0 Å². The predicted octanol–water partition coefficient (Wildman–Crippen LogP) is 1.65. The molecule has 4 nitrogen and oxygen atoms in total. The lowest BCUT2D eigenvalue weighted by molar-refractivity contribution is -0.155. The molecule has 0 aliphatic heterocycles. The highest BCUT2D eigenvalue weighted by atomic mass is 16.4. The van der Waals surface area contributed by atoms with Crippen LogP contribution >= 0.6 is 0 Å². The summed E-state index contributed by atoms with van der Waals surface area (Å²) in [7, 11) is 0. The Hall–Kier alpha value is -1.42. The molecule has 1 rings (SSSR count). The van der Waals surface area contributed by atoms with Crippen molar-refractivity contribution in [2.75, 3.05) is 0 Å². The Morgan fingerprint density at radius 1 is 1.38 bits per heavy atom. The summed E-state index contributed by atoms with van der Waals surface area (Å²) in [6, 6.07) is 3.27. The minimum atomic E-state index is -1.39. The van der Waals surface area contributed by atoms with Crippen molar-refractivity contribution >= 4 is 5.97 Å². The van der Waals surface area contributed by atoms with E-state index in [0.717, 1.165) is 0 Å². The Bertz CT molecular complexity index is 360. The molecule has 16 heavy (non-hydrogen) atoms. The Morgan fingerprint density at radius 2 is 1.88 bits per heavy atom. The lowest BCUT2D eigenvalue weighted by atomic mass is 9.77. The van der Waals surface area contributed by atoms with Crippen molar-refractivity contribution < 1.29 is 15.0 Å². The van der Waals surface area contributed by atoms with Gasteiger partial charge in [-0.2, -0.15) is 0 Å². The van der Waals surface area contributed by atoms with Gasteiger partial charge in [0.25, 0.3) is 0 Å². The molecule has 2 atom stereocenters. The minimum Gasteiger partial charge on any atom is -0.481 e. The zero-order valence-electron chi connectivity index (χ0n) is 9.71. The van der Waals surface area contributed by atoms with Gasteiger partial charge in [0.1, 0.15) is 5.60 Å². The molecule has 0 aromatic carbocycles. The van der Waals surface area contributed by atoms with E-state index >= 15 is 0 Å². The number of carboxylic acid groups (broad SMARTS) is 1. The summed E-state index contributed by atoms with van der Waals surface area (Å²) in [6.07, 6.45) is 3.09. The van der Waals surface area contributed by atoms with Gasteiger partial charge in [-0.25, -0.2) is 0 Å². The molecular weight excluding hydrogens is 206 g/mol. The van der Waals surface area contributed by atoms with Crippen LogP contribution in [0.5, 0.6) is 0 Å². The molecule has 0 saturated heterocycles. The number of aliphatic carboxylic acids is 1. The Balaban J connectivity index is 3.13. The van der Waals surface area contributed by atoms with E-state index in [1.54, 1.807) is 38.4 Å². The third-order valence-electron chi connectivity index (χ3n) is 2.80. The van der Waals surface area contributed by atoms with E-state index in [1.807, 2.05) is 0 Å². The van der Waals surface area contributed by atoms with Gasteiger partial charge in [-0.3, -0.25) is 9.78 Å². The van der Waals surface area contributed by atoms with Gasteiger partial charge < -0.3 is 10.2 Å². The highest BCUT2D eigenvalue weighted by molar-refractivity contribution is 5.72. The van der Waals surface area contributed by atoms with E-state index in [2.05, 4.69) is 4.98 Å². The number of nitrogens with zero attached hydrogens (tertiary/aromatic N) is 1. The van der Waals surface area contributed by atoms with Crippen molar-refractivity contribution in [1.29, 1.82) is 0 Å². The number of pyridine rings is 1. The maximum atomic E-state index is 11.2. The first kappa shape index (κ1) is 12.6. The molecule has 0 bridgehead atoms. The summed E-state index contributed by atoms with van der Waals surface area (Å²) in [4.78, 5) is 15.0. The van der Waals surface area contributed by atoms with E-state index in [1.165, 1.54) is 6.92 Å². The van der Waals surface area contributed by atoms with Crippen LogP contribution < -0.4 is 0 Å². The van der Waals surface area contributed by atoms with Crippen LogP contribution in [0.1, 0.15) is 26.3 Å². The topological polar surface area (TPSA) is 70.4 Å². The van der Waals surface area contributed by atoms with Crippen LogP contribution in [0.2, 0.25) is 0 Å². The van der Waals surface area contributed by atoms with Crippen molar-refractivity contribution in [1.82, 2.24) is 4.98 Å². The molecule has 0 saturated carbocycles. The molecule has 2 unspecified atom stereocenters. The molecule has 88 valence electrons. The second-order valence-corrected chi connectivity index (χ2v) is 4.44. The number of aromatic nitrogens is 1. The van der Waals surface area contributed by atoms with Crippen LogP contribution in [0.4, 0.5) is 0 Å². The van der Waals surface area contributed by atoms with Crippen LogP contribution in [0.3, 0.4) is 0 Å². The first-order valence-corrected chi connectivity index (χ1v) is 5.23. The molecule has 0 fully saturated rings. The first-order valence-electron chi connectivity index (χ1n) is 5.23. The largest absolute Gasteiger partial charge is 0.481 e. The number of carbonyl (C=O) groups is 1. The second-order valence-electron chi connectivity index (χ2n) is 4.44. The SMILES string of the molecule is CC(C)C(C(=O)O)C(C)(O)c1ccncc1. The molecule has 0 aliphatic carbocycles. The van der Waals surface area contributed by atoms with Gasteiger partial charge in [0.2, 0.25) is 0 Å². The number of rotatable bonds is 4. The first-order chi connectivity index (χ1) is 7.37. The number of aliphatic hydroxyl groups is 1. The van der Waals surface area contributed by atoms with Gasteiger partial charge in [0.15, 0.2) is 0 Å². The van der Waals surface area contributed by atoms with Gasteiger partial charge in [-0.1, -0.05) is 13.8 Å².